The maximum atomic E-state index is 13.6. The van der Waals surface area contributed by atoms with Crippen molar-refractivity contribution in [2.75, 3.05) is 18.0 Å². The molecule has 0 spiro atoms. The van der Waals surface area contributed by atoms with Crippen LogP contribution in [0.25, 0.3) is 0 Å². The molecule has 2 aliphatic heterocycles. The predicted octanol–water partition coefficient (Wildman–Crippen LogP) is 3.41. The first-order valence-electron chi connectivity index (χ1n) is 12.8. The van der Waals surface area contributed by atoms with Gasteiger partial charge in [-0.15, -0.1) is 0 Å². The van der Waals surface area contributed by atoms with Gasteiger partial charge in [-0.25, -0.2) is 0 Å². The van der Waals surface area contributed by atoms with Crippen LogP contribution in [-0.4, -0.2) is 61.6 Å². The topological polar surface area (TPSA) is 74.6 Å². The lowest BCUT2D eigenvalue weighted by Crippen LogP contribution is -2.45. The highest BCUT2D eigenvalue weighted by molar-refractivity contribution is 5.92. The molecule has 1 fully saturated rings. The fraction of sp³-hybridized carbons (Fsp3) is 0.429. The number of carbonyl (C=O) groups is 2. The van der Waals surface area contributed by atoms with Crippen molar-refractivity contribution in [1.82, 2.24) is 24.6 Å². The number of aryl methyl sites for hydroxylation is 1. The average Bonchev–Trinajstić information content (AvgIpc) is 3.44. The Morgan fingerprint density at radius 3 is 2.56 bits per heavy atom. The minimum absolute atomic E-state index is 0.0295. The van der Waals surface area contributed by atoms with E-state index in [1.807, 2.05) is 59.6 Å². The first-order valence-corrected chi connectivity index (χ1v) is 12.8. The van der Waals surface area contributed by atoms with Crippen LogP contribution in [0.15, 0.2) is 61.2 Å². The quantitative estimate of drug-likeness (QED) is 0.565. The highest BCUT2D eigenvalue weighted by atomic mass is 16.2. The van der Waals surface area contributed by atoms with Gasteiger partial charge in [-0.2, -0.15) is 5.10 Å². The Balaban J connectivity index is 1.49. The van der Waals surface area contributed by atoms with Crippen LogP contribution in [0.1, 0.15) is 42.9 Å². The summed E-state index contributed by atoms with van der Waals surface area (Å²) in [6.07, 6.45) is 10.3. The third-order valence-electron chi connectivity index (χ3n) is 7.44. The first kappa shape index (κ1) is 24.2. The second kappa shape index (κ2) is 10.6. The second-order valence-electron chi connectivity index (χ2n) is 9.99. The maximum Gasteiger partial charge on any atom is 0.244 e. The molecule has 2 aliphatic rings. The molecule has 2 atom stereocenters. The molecule has 8 heteroatoms. The van der Waals surface area contributed by atoms with E-state index in [1.165, 1.54) is 5.56 Å². The van der Waals surface area contributed by atoms with Crippen molar-refractivity contribution >= 4 is 17.5 Å². The van der Waals surface area contributed by atoms with Crippen molar-refractivity contribution in [2.24, 2.45) is 0 Å². The molecule has 0 N–H and O–H groups in total. The second-order valence-corrected chi connectivity index (χ2v) is 9.99. The lowest BCUT2D eigenvalue weighted by molar-refractivity contribution is -0.133. The molecule has 2 bridgehead atoms. The summed E-state index contributed by atoms with van der Waals surface area (Å²) in [5, 5.41) is 4.34. The van der Waals surface area contributed by atoms with Gasteiger partial charge in [0.1, 0.15) is 6.54 Å². The van der Waals surface area contributed by atoms with E-state index in [1.54, 1.807) is 17.8 Å². The minimum Gasteiger partial charge on any atom is -0.335 e. The Bertz CT molecular complexity index is 1210. The molecule has 1 aromatic carbocycles. The van der Waals surface area contributed by atoms with Gasteiger partial charge in [0.25, 0.3) is 0 Å². The van der Waals surface area contributed by atoms with E-state index >= 15 is 0 Å². The van der Waals surface area contributed by atoms with Gasteiger partial charge in [0.05, 0.1) is 6.20 Å². The number of rotatable bonds is 4. The van der Waals surface area contributed by atoms with E-state index in [0.29, 0.717) is 25.7 Å². The summed E-state index contributed by atoms with van der Waals surface area (Å²) in [7, 11) is 0. The average molecular weight is 487 g/mol. The van der Waals surface area contributed by atoms with Gasteiger partial charge >= 0.3 is 0 Å². The number of carbonyl (C=O) groups excluding carboxylic acids is 2. The lowest BCUT2D eigenvalue weighted by Gasteiger charge is -2.34. The number of nitrogens with zero attached hydrogens (tertiary/aromatic N) is 6. The number of aromatic nitrogens is 3. The number of para-hydroxylation sites is 1. The van der Waals surface area contributed by atoms with Crippen LogP contribution in [0.3, 0.4) is 0 Å². The molecule has 36 heavy (non-hydrogen) atoms. The number of anilines is 1. The minimum atomic E-state index is 0.0295. The first-order chi connectivity index (χ1) is 17.5. The van der Waals surface area contributed by atoms with E-state index < -0.39 is 0 Å². The van der Waals surface area contributed by atoms with Gasteiger partial charge in [-0.1, -0.05) is 18.2 Å². The van der Waals surface area contributed by atoms with Gasteiger partial charge in [-0.05, 0) is 61.1 Å². The summed E-state index contributed by atoms with van der Waals surface area (Å²) >= 11 is 0. The van der Waals surface area contributed by atoms with Crippen molar-refractivity contribution in [3.63, 3.8) is 0 Å². The van der Waals surface area contributed by atoms with Gasteiger partial charge in [0.2, 0.25) is 11.8 Å². The largest absolute Gasteiger partial charge is 0.335 e. The fourth-order valence-electron chi connectivity index (χ4n) is 5.62. The molecule has 0 aliphatic carbocycles. The van der Waals surface area contributed by atoms with E-state index in [-0.39, 0.29) is 24.4 Å². The summed E-state index contributed by atoms with van der Waals surface area (Å²) in [5.41, 5.74) is 4.14. The lowest BCUT2D eigenvalue weighted by atomic mass is 10.1. The molecule has 1 saturated heterocycles. The number of amides is 2. The summed E-state index contributed by atoms with van der Waals surface area (Å²) in [5.74, 6) is 0.0654. The Kier molecular flexibility index (Phi) is 7.13. The van der Waals surface area contributed by atoms with Gasteiger partial charge in [-0.3, -0.25) is 24.2 Å². The van der Waals surface area contributed by atoms with Gasteiger partial charge in [0, 0.05) is 69.5 Å². The maximum absolute atomic E-state index is 13.6. The number of hydrogen-bond donors (Lipinski definition) is 0. The van der Waals surface area contributed by atoms with Crippen molar-refractivity contribution in [3.8, 4) is 0 Å². The van der Waals surface area contributed by atoms with Crippen molar-refractivity contribution in [1.29, 1.82) is 0 Å². The van der Waals surface area contributed by atoms with E-state index in [4.69, 9.17) is 0 Å². The Morgan fingerprint density at radius 2 is 1.81 bits per heavy atom. The van der Waals surface area contributed by atoms with Crippen molar-refractivity contribution in [3.05, 3.63) is 77.9 Å². The number of fused-ring (bicyclic) bond motifs is 3. The zero-order valence-corrected chi connectivity index (χ0v) is 21.1. The van der Waals surface area contributed by atoms with Crippen LogP contribution in [-0.2, 0) is 29.2 Å². The molecule has 0 radical (unpaired) electrons. The summed E-state index contributed by atoms with van der Waals surface area (Å²) in [4.78, 5) is 37.0. The Hall–Kier alpha value is -3.52. The van der Waals surface area contributed by atoms with Crippen LogP contribution < -0.4 is 4.90 Å². The molecular formula is C28H34N6O2. The van der Waals surface area contributed by atoms with Crippen LogP contribution in [0.4, 0.5) is 5.69 Å². The zero-order chi connectivity index (χ0) is 25.1. The zero-order valence-electron chi connectivity index (χ0n) is 21.1. The van der Waals surface area contributed by atoms with Crippen LogP contribution >= 0.6 is 0 Å². The standard InChI is InChI=1S/C28H34N6O2/c1-21-15-30-32(16-21)20-28(36)31-18-24-5-3-4-6-27(24)33(22(2)35)14-11-25-7-8-26(19-31)34(25)17-23-9-12-29-13-10-23/h3-6,9-10,12-13,15-16,25-26H,7-8,11,14,17-20H2,1-2H3. The third kappa shape index (κ3) is 5.33. The molecule has 5 rings (SSSR count). The Labute approximate surface area is 212 Å². The van der Waals surface area contributed by atoms with Crippen molar-refractivity contribution in [2.45, 2.75) is 64.8 Å². The smallest absolute Gasteiger partial charge is 0.244 e. The molecule has 2 unspecified atom stereocenters. The van der Waals surface area contributed by atoms with E-state index in [2.05, 4.69) is 27.1 Å². The van der Waals surface area contributed by atoms with E-state index in [0.717, 1.165) is 42.6 Å². The SMILES string of the molecule is CC(=O)N1CCC2CCC(CN(C(=O)Cn3cc(C)cn3)Cc3ccccc31)N2Cc1ccncc1. The normalized spacial score (nSPS) is 20.6. The molecule has 188 valence electrons. The van der Waals surface area contributed by atoms with Gasteiger partial charge < -0.3 is 9.80 Å². The predicted molar refractivity (Wildman–Crippen MR) is 138 cm³/mol. The molecule has 8 nitrogen and oxygen atoms in total. The van der Waals surface area contributed by atoms with Crippen LogP contribution in [0, 0.1) is 6.92 Å². The highest BCUT2D eigenvalue weighted by Crippen LogP contribution is 2.32. The number of benzene rings is 1. The summed E-state index contributed by atoms with van der Waals surface area (Å²) < 4.78 is 1.71. The molecular weight excluding hydrogens is 452 g/mol. The summed E-state index contributed by atoms with van der Waals surface area (Å²) in [6, 6.07) is 12.7. The summed E-state index contributed by atoms with van der Waals surface area (Å²) in [6.45, 7) is 6.39. The third-order valence-corrected chi connectivity index (χ3v) is 7.44. The highest BCUT2D eigenvalue weighted by Gasteiger charge is 2.36. The fourth-order valence-corrected chi connectivity index (χ4v) is 5.62. The molecule has 2 amide bonds. The Morgan fingerprint density at radius 1 is 1.03 bits per heavy atom. The number of pyridine rings is 1. The van der Waals surface area contributed by atoms with Gasteiger partial charge in [0.15, 0.2) is 0 Å². The monoisotopic (exact) mass is 486 g/mol. The van der Waals surface area contributed by atoms with Crippen molar-refractivity contribution < 1.29 is 9.59 Å². The van der Waals surface area contributed by atoms with E-state index in [9.17, 15) is 9.59 Å². The van der Waals surface area contributed by atoms with Crippen LogP contribution in [0.5, 0.6) is 0 Å². The molecule has 4 heterocycles. The molecule has 0 saturated carbocycles. The number of hydrogen-bond acceptors (Lipinski definition) is 5. The molecule has 3 aromatic rings. The molecule has 2 aromatic heterocycles. The van der Waals surface area contributed by atoms with Crippen LogP contribution in [0.2, 0.25) is 0 Å².